The molecule has 1 saturated heterocycles. The van der Waals surface area contributed by atoms with Crippen molar-refractivity contribution in [3.63, 3.8) is 0 Å². The van der Waals surface area contributed by atoms with E-state index in [4.69, 9.17) is 5.11 Å². The van der Waals surface area contributed by atoms with Crippen molar-refractivity contribution in [3.05, 3.63) is 0 Å². The van der Waals surface area contributed by atoms with Gasteiger partial charge in [0, 0.05) is 0 Å². The summed E-state index contributed by atoms with van der Waals surface area (Å²) in [5.74, 6) is 5.90. The summed E-state index contributed by atoms with van der Waals surface area (Å²) in [5.41, 5.74) is 0. The van der Waals surface area contributed by atoms with Crippen LogP contribution in [0.5, 0.6) is 0 Å². The van der Waals surface area contributed by atoms with Crippen LogP contribution in [0.3, 0.4) is 0 Å². The Labute approximate surface area is 87.3 Å². The van der Waals surface area contributed by atoms with E-state index in [0.29, 0.717) is 0 Å². The van der Waals surface area contributed by atoms with Gasteiger partial charge in [0.15, 0.2) is 0 Å². The number of likely N-dealkylation sites (tertiary alicyclic amines) is 1. The van der Waals surface area contributed by atoms with Crippen molar-refractivity contribution >= 4 is 0 Å². The Hall–Kier alpha value is -0.520. The van der Waals surface area contributed by atoms with E-state index in [1.165, 1.54) is 19.3 Å². The first-order valence-corrected chi connectivity index (χ1v) is 5.63. The van der Waals surface area contributed by atoms with Crippen LogP contribution in [-0.2, 0) is 0 Å². The minimum absolute atomic E-state index is 0.482. The maximum atomic E-state index is 9.03. The van der Waals surface area contributed by atoms with E-state index in [1.54, 1.807) is 11.8 Å². The summed E-state index contributed by atoms with van der Waals surface area (Å²) in [6, 6.07) is 1.45. The second-order valence-electron chi connectivity index (χ2n) is 4.48. The predicted molar refractivity (Wildman–Crippen MR) is 58.1 cm³/mol. The molecule has 2 N–H and O–H groups in total. The molecule has 80 valence electrons. The molecule has 0 aromatic carbocycles. The molecule has 0 radical (unpaired) electrons. The lowest BCUT2D eigenvalue weighted by Crippen LogP contribution is -3.19. The SMILES string of the molecule is CC(O)C#CC[NH+]1C(C)CCCC1C. The normalized spacial score (nSPS) is 34.4. The molecule has 3 atom stereocenters. The zero-order valence-corrected chi connectivity index (χ0v) is 9.51. The van der Waals surface area contributed by atoms with Crippen molar-refractivity contribution in [2.45, 2.75) is 58.2 Å². The molecule has 0 bridgehead atoms. The number of hydrogen-bond acceptors (Lipinski definition) is 1. The first-order valence-electron chi connectivity index (χ1n) is 5.63. The van der Waals surface area contributed by atoms with Gasteiger partial charge in [-0.3, -0.25) is 0 Å². The van der Waals surface area contributed by atoms with E-state index in [0.717, 1.165) is 18.6 Å². The monoisotopic (exact) mass is 196 g/mol. The van der Waals surface area contributed by atoms with Gasteiger partial charge >= 0.3 is 0 Å². The summed E-state index contributed by atoms with van der Waals surface area (Å²) in [5, 5.41) is 9.03. The number of quaternary nitrogens is 1. The van der Waals surface area contributed by atoms with Gasteiger partial charge in [0.2, 0.25) is 0 Å². The maximum absolute atomic E-state index is 9.03. The minimum Gasteiger partial charge on any atom is -0.381 e. The van der Waals surface area contributed by atoms with Crippen LogP contribution >= 0.6 is 0 Å². The number of nitrogens with one attached hydrogen (secondary N) is 1. The van der Waals surface area contributed by atoms with E-state index in [1.807, 2.05) is 0 Å². The quantitative estimate of drug-likeness (QED) is 0.576. The van der Waals surface area contributed by atoms with Gasteiger partial charge in [-0.2, -0.15) is 0 Å². The van der Waals surface area contributed by atoms with Gasteiger partial charge in [0.25, 0.3) is 0 Å². The smallest absolute Gasteiger partial charge is 0.139 e. The van der Waals surface area contributed by atoms with Crippen molar-refractivity contribution in [1.29, 1.82) is 0 Å². The fourth-order valence-electron chi connectivity index (χ4n) is 2.24. The zero-order chi connectivity index (χ0) is 10.6. The van der Waals surface area contributed by atoms with Crippen molar-refractivity contribution in [3.8, 4) is 11.8 Å². The number of aliphatic hydroxyl groups excluding tert-OH is 1. The van der Waals surface area contributed by atoms with Crippen molar-refractivity contribution < 1.29 is 10.0 Å². The molecule has 3 unspecified atom stereocenters. The zero-order valence-electron chi connectivity index (χ0n) is 9.51. The van der Waals surface area contributed by atoms with Crippen LogP contribution in [0.1, 0.15) is 40.0 Å². The van der Waals surface area contributed by atoms with Gasteiger partial charge in [-0.05, 0) is 46.0 Å². The van der Waals surface area contributed by atoms with Crippen LogP contribution in [0.4, 0.5) is 0 Å². The van der Waals surface area contributed by atoms with Crippen LogP contribution in [0.25, 0.3) is 0 Å². The third-order valence-corrected chi connectivity index (χ3v) is 3.14. The van der Waals surface area contributed by atoms with Crippen LogP contribution in [-0.4, -0.2) is 29.8 Å². The molecule has 0 aromatic rings. The maximum Gasteiger partial charge on any atom is 0.139 e. The van der Waals surface area contributed by atoms with Crippen molar-refractivity contribution in [2.24, 2.45) is 0 Å². The third kappa shape index (κ3) is 3.32. The van der Waals surface area contributed by atoms with Gasteiger partial charge in [-0.15, -0.1) is 0 Å². The molecule has 1 aliphatic rings. The van der Waals surface area contributed by atoms with Gasteiger partial charge in [0.1, 0.15) is 12.6 Å². The van der Waals surface area contributed by atoms with E-state index < -0.39 is 6.10 Å². The lowest BCUT2D eigenvalue weighted by atomic mass is 9.98. The highest BCUT2D eigenvalue weighted by Gasteiger charge is 2.27. The Morgan fingerprint density at radius 1 is 1.36 bits per heavy atom. The number of aliphatic hydroxyl groups is 1. The highest BCUT2D eigenvalue weighted by atomic mass is 16.3. The molecular formula is C12H22NO+. The average Bonchev–Trinajstić information content (AvgIpc) is 2.09. The summed E-state index contributed by atoms with van der Waals surface area (Å²) in [6.45, 7) is 7.20. The first kappa shape index (κ1) is 11.6. The minimum atomic E-state index is -0.482. The van der Waals surface area contributed by atoms with E-state index >= 15 is 0 Å². The van der Waals surface area contributed by atoms with Crippen LogP contribution in [0.2, 0.25) is 0 Å². The van der Waals surface area contributed by atoms with Crippen LogP contribution < -0.4 is 4.90 Å². The number of rotatable bonds is 1. The van der Waals surface area contributed by atoms with E-state index in [9.17, 15) is 0 Å². The number of piperidine rings is 1. The molecule has 1 rings (SSSR count). The van der Waals surface area contributed by atoms with Crippen molar-refractivity contribution in [2.75, 3.05) is 6.54 Å². The summed E-state index contributed by atoms with van der Waals surface area (Å²) in [7, 11) is 0. The largest absolute Gasteiger partial charge is 0.381 e. The van der Waals surface area contributed by atoms with Crippen LogP contribution in [0.15, 0.2) is 0 Å². The summed E-state index contributed by atoms with van der Waals surface area (Å²) < 4.78 is 0. The second-order valence-corrected chi connectivity index (χ2v) is 4.48. The summed E-state index contributed by atoms with van der Waals surface area (Å²) >= 11 is 0. The molecule has 14 heavy (non-hydrogen) atoms. The Morgan fingerprint density at radius 3 is 2.43 bits per heavy atom. The Morgan fingerprint density at radius 2 is 1.93 bits per heavy atom. The lowest BCUT2D eigenvalue weighted by Gasteiger charge is -2.34. The Kier molecular flexibility index (Phi) is 4.44. The topological polar surface area (TPSA) is 24.7 Å². The molecule has 0 aromatic heterocycles. The summed E-state index contributed by atoms with van der Waals surface area (Å²) in [6.07, 6.45) is 3.51. The number of hydrogen-bond donors (Lipinski definition) is 2. The molecular weight excluding hydrogens is 174 g/mol. The highest BCUT2D eigenvalue weighted by Crippen LogP contribution is 2.06. The molecule has 1 aliphatic heterocycles. The molecule has 2 nitrogen and oxygen atoms in total. The molecule has 1 fully saturated rings. The van der Waals surface area contributed by atoms with Gasteiger partial charge < -0.3 is 10.0 Å². The molecule has 0 amide bonds. The molecule has 0 spiro atoms. The van der Waals surface area contributed by atoms with Gasteiger partial charge in [-0.25, -0.2) is 0 Å². The lowest BCUT2D eigenvalue weighted by molar-refractivity contribution is -0.944. The van der Waals surface area contributed by atoms with E-state index in [-0.39, 0.29) is 0 Å². The van der Waals surface area contributed by atoms with Crippen molar-refractivity contribution in [1.82, 2.24) is 0 Å². The van der Waals surface area contributed by atoms with Gasteiger partial charge in [-0.1, -0.05) is 5.92 Å². The molecule has 0 saturated carbocycles. The molecule has 1 heterocycles. The van der Waals surface area contributed by atoms with Crippen LogP contribution in [0, 0.1) is 11.8 Å². The third-order valence-electron chi connectivity index (χ3n) is 3.14. The van der Waals surface area contributed by atoms with Gasteiger partial charge in [0.05, 0.1) is 12.1 Å². The fraction of sp³-hybridized carbons (Fsp3) is 0.833. The fourth-order valence-corrected chi connectivity index (χ4v) is 2.24. The standard InChI is InChI=1S/C12H21NO/c1-10-6-4-7-11(2)13(10)9-5-8-12(3)14/h10-12,14H,4,6-7,9H2,1-3H3/p+1. The Balaban J connectivity index is 2.45. The van der Waals surface area contributed by atoms with E-state index in [2.05, 4.69) is 25.7 Å². The Bertz CT molecular complexity index is 216. The first-order chi connectivity index (χ1) is 6.61. The average molecular weight is 196 g/mol. The summed E-state index contributed by atoms with van der Waals surface area (Å²) in [4.78, 5) is 1.59. The highest BCUT2D eigenvalue weighted by molar-refractivity contribution is 5.03. The predicted octanol–water partition coefficient (Wildman–Crippen LogP) is 0.216. The second kappa shape index (κ2) is 5.38. The molecule has 0 aliphatic carbocycles. The molecule has 2 heteroatoms.